The minimum atomic E-state index is -1.15. The van der Waals surface area contributed by atoms with Crippen molar-refractivity contribution in [3.05, 3.63) is 63.9 Å². The molecule has 0 fully saturated rings. The summed E-state index contributed by atoms with van der Waals surface area (Å²) >= 11 is 0. The van der Waals surface area contributed by atoms with Crippen molar-refractivity contribution >= 4 is 34.2 Å². The van der Waals surface area contributed by atoms with Crippen molar-refractivity contribution in [1.82, 2.24) is 0 Å². The van der Waals surface area contributed by atoms with Crippen LogP contribution in [0.25, 0.3) is 11.0 Å². The molecule has 9 nitrogen and oxygen atoms in total. The van der Waals surface area contributed by atoms with E-state index in [1.807, 2.05) is 6.92 Å². The van der Waals surface area contributed by atoms with Gasteiger partial charge in [0.05, 0.1) is 11.5 Å². The lowest BCUT2D eigenvalue weighted by molar-refractivity contribution is -0.384. The van der Waals surface area contributed by atoms with Gasteiger partial charge in [0.1, 0.15) is 11.3 Å². The van der Waals surface area contributed by atoms with Crippen LogP contribution in [0.15, 0.2) is 46.9 Å². The number of nitro benzene ring substituents is 1. The van der Waals surface area contributed by atoms with Crippen LogP contribution in [0.2, 0.25) is 0 Å². The Bertz CT molecular complexity index is 1120. The fourth-order valence-electron chi connectivity index (χ4n) is 2.86. The number of nitrogens with zero attached hydrogens (tertiary/aromatic N) is 1. The van der Waals surface area contributed by atoms with E-state index in [-0.39, 0.29) is 17.1 Å². The predicted molar refractivity (Wildman–Crippen MR) is 109 cm³/mol. The summed E-state index contributed by atoms with van der Waals surface area (Å²) in [5.74, 6) is -0.772. The molecule has 30 heavy (non-hydrogen) atoms. The Labute approximate surface area is 171 Å². The first-order chi connectivity index (χ1) is 14.3. The molecule has 9 heteroatoms. The molecular weight excluding hydrogens is 392 g/mol. The van der Waals surface area contributed by atoms with Gasteiger partial charge in [-0.1, -0.05) is 6.07 Å². The second-order valence-electron chi connectivity index (χ2n) is 6.49. The number of aryl methyl sites for hydroxylation is 1. The third-order valence-electron chi connectivity index (χ3n) is 4.38. The van der Waals surface area contributed by atoms with Crippen molar-refractivity contribution in [2.24, 2.45) is 0 Å². The Morgan fingerprint density at radius 2 is 2.00 bits per heavy atom. The van der Waals surface area contributed by atoms with Gasteiger partial charge in [-0.25, -0.2) is 4.79 Å². The number of hydrogen-bond acceptors (Lipinski definition) is 7. The number of nitro groups is 1. The average Bonchev–Trinajstić information content (AvgIpc) is 3.04. The lowest BCUT2D eigenvalue weighted by Crippen LogP contribution is -2.30. The first-order valence-electron chi connectivity index (χ1n) is 9.22. The van der Waals surface area contributed by atoms with E-state index in [2.05, 4.69) is 5.32 Å². The molecule has 0 saturated heterocycles. The number of hydrogen-bond donors (Lipinski definition) is 1. The molecule has 1 amide bonds. The van der Waals surface area contributed by atoms with Crippen molar-refractivity contribution in [1.29, 1.82) is 0 Å². The van der Waals surface area contributed by atoms with Crippen LogP contribution < -0.4 is 10.1 Å². The standard InChI is InChI=1S/C21H20N2O7/c1-4-28-16-8-9-18-17(11-16)12(2)19(30-18)21(25)29-13(3)20(24)22-14-6-5-7-15(10-14)23(26)27/h5-11,13H,4H2,1-3H3,(H,22,24). The number of ether oxygens (including phenoxy) is 2. The zero-order valence-electron chi connectivity index (χ0n) is 16.6. The van der Waals surface area contributed by atoms with Crippen LogP contribution in [0.5, 0.6) is 5.75 Å². The van der Waals surface area contributed by atoms with Crippen molar-refractivity contribution in [2.75, 3.05) is 11.9 Å². The van der Waals surface area contributed by atoms with E-state index in [1.165, 1.54) is 31.2 Å². The second kappa shape index (κ2) is 8.64. The Balaban J connectivity index is 1.72. The molecule has 0 spiro atoms. The number of esters is 1. The minimum absolute atomic E-state index is 0.00588. The molecule has 1 heterocycles. The lowest BCUT2D eigenvalue weighted by Gasteiger charge is -2.13. The number of furan rings is 1. The van der Waals surface area contributed by atoms with E-state index in [0.717, 1.165) is 0 Å². The van der Waals surface area contributed by atoms with Crippen LogP contribution in [0.1, 0.15) is 30.0 Å². The topological polar surface area (TPSA) is 121 Å². The van der Waals surface area contributed by atoms with Gasteiger partial charge in [-0.15, -0.1) is 0 Å². The smallest absolute Gasteiger partial charge is 0.375 e. The van der Waals surface area contributed by atoms with Gasteiger partial charge in [-0.05, 0) is 45.0 Å². The SMILES string of the molecule is CCOc1ccc2oc(C(=O)OC(C)C(=O)Nc3cccc([N+](=O)[O-])c3)c(C)c2c1. The van der Waals surface area contributed by atoms with Gasteiger partial charge in [0.15, 0.2) is 6.10 Å². The molecule has 1 aromatic heterocycles. The fraction of sp³-hybridized carbons (Fsp3) is 0.238. The molecular formula is C21H20N2O7. The highest BCUT2D eigenvalue weighted by molar-refractivity contribution is 5.99. The summed E-state index contributed by atoms with van der Waals surface area (Å²) < 4.78 is 16.3. The summed E-state index contributed by atoms with van der Waals surface area (Å²) in [7, 11) is 0. The number of non-ortho nitro benzene ring substituents is 1. The molecule has 0 aliphatic rings. The normalized spacial score (nSPS) is 11.7. The highest BCUT2D eigenvalue weighted by atomic mass is 16.6. The first kappa shape index (κ1) is 20.8. The maximum atomic E-state index is 12.5. The minimum Gasteiger partial charge on any atom is -0.494 e. The molecule has 0 aliphatic heterocycles. The third-order valence-corrected chi connectivity index (χ3v) is 4.38. The van der Waals surface area contributed by atoms with E-state index in [1.54, 1.807) is 25.1 Å². The van der Waals surface area contributed by atoms with Crippen molar-refractivity contribution in [3.63, 3.8) is 0 Å². The second-order valence-corrected chi connectivity index (χ2v) is 6.49. The van der Waals surface area contributed by atoms with Gasteiger partial charge in [0.2, 0.25) is 5.76 Å². The quantitative estimate of drug-likeness (QED) is 0.350. The average molecular weight is 412 g/mol. The number of rotatable bonds is 7. The van der Waals surface area contributed by atoms with Crippen molar-refractivity contribution < 1.29 is 28.4 Å². The summed E-state index contributed by atoms with van der Waals surface area (Å²) in [6, 6.07) is 10.7. The van der Waals surface area contributed by atoms with E-state index in [0.29, 0.717) is 28.9 Å². The van der Waals surface area contributed by atoms with Crippen LogP contribution in [-0.2, 0) is 9.53 Å². The van der Waals surface area contributed by atoms with Gasteiger partial charge in [0, 0.05) is 28.8 Å². The number of carbonyl (C=O) groups is 2. The van der Waals surface area contributed by atoms with Crippen molar-refractivity contribution in [3.8, 4) is 5.75 Å². The summed E-state index contributed by atoms with van der Waals surface area (Å²) in [6.45, 7) is 5.49. The number of nitrogens with one attached hydrogen (secondary N) is 1. The number of carbonyl (C=O) groups excluding carboxylic acids is 2. The van der Waals surface area contributed by atoms with Crippen LogP contribution in [0.4, 0.5) is 11.4 Å². The maximum Gasteiger partial charge on any atom is 0.375 e. The highest BCUT2D eigenvalue weighted by Crippen LogP contribution is 2.29. The molecule has 1 N–H and O–H groups in total. The summed E-state index contributed by atoms with van der Waals surface area (Å²) in [5.41, 5.74) is 1.13. The first-order valence-corrected chi connectivity index (χ1v) is 9.22. The van der Waals surface area contributed by atoms with Crippen LogP contribution >= 0.6 is 0 Å². The Morgan fingerprint density at radius 1 is 1.23 bits per heavy atom. The van der Waals surface area contributed by atoms with Crippen LogP contribution in [-0.4, -0.2) is 29.5 Å². The van der Waals surface area contributed by atoms with Gasteiger partial charge < -0.3 is 19.2 Å². The third kappa shape index (κ3) is 4.40. The van der Waals surface area contributed by atoms with Gasteiger partial charge in [-0.2, -0.15) is 0 Å². The molecule has 0 aliphatic carbocycles. The van der Waals surface area contributed by atoms with Crippen LogP contribution in [0, 0.1) is 17.0 Å². The molecule has 3 rings (SSSR count). The molecule has 0 radical (unpaired) electrons. The van der Waals surface area contributed by atoms with E-state index in [9.17, 15) is 19.7 Å². The molecule has 1 unspecified atom stereocenters. The van der Waals surface area contributed by atoms with Gasteiger partial charge in [-0.3, -0.25) is 14.9 Å². The molecule has 2 aromatic carbocycles. The number of fused-ring (bicyclic) bond motifs is 1. The molecule has 156 valence electrons. The fourth-order valence-corrected chi connectivity index (χ4v) is 2.86. The molecule has 0 saturated carbocycles. The summed E-state index contributed by atoms with van der Waals surface area (Å²) in [5, 5.41) is 14.0. The zero-order valence-corrected chi connectivity index (χ0v) is 16.6. The number of amides is 1. The lowest BCUT2D eigenvalue weighted by atomic mass is 10.1. The Hall–Kier alpha value is -3.88. The molecule has 3 aromatic rings. The summed E-state index contributed by atoms with van der Waals surface area (Å²) in [6.07, 6.45) is -1.15. The largest absolute Gasteiger partial charge is 0.494 e. The predicted octanol–water partition coefficient (Wildman–Crippen LogP) is 4.23. The number of anilines is 1. The zero-order chi connectivity index (χ0) is 21.8. The highest BCUT2D eigenvalue weighted by Gasteiger charge is 2.24. The monoisotopic (exact) mass is 412 g/mol. The molecule has 0 bridgehead atoms. The van der Waals surface area contributed by atoms with E-state index in [4.69, 9.17) is 13.9 Å². The van der Waals surface area contributed by atoms with Gasteiger partial charge >= 0.3 is 5.97 Å². The van der Waals surface area contributed by atoms with Crippen LogP contribution in [0.3, 0.4) is 0 Å². The van der Waals surface area contributed by atoms with E-state index >= 15 is 0 Å². The summed E-state index contributed by atoms with van der Waals surface area (Å²) in [4.78, 5) is 35.1. The maximum absolute atomic E-state index is 12.5. The Kier molecular flexibility index (Phi) is 6.01. The Morgan fingerprint density at radius 3 is 2.70 bits per heavy atom. The van der Waals surface area contributed by atoms with Crippen molar-refractivity contribution in [2.45, 2.75) is 26.9 Å². The molecule has 1 atom stereocenters. The number of benzene rings is 2. The van der Waals surface area contributed by atoms with Gasteiger partial charge in [0.25, 0.3) is 11.6 Å². The van der Waals surface area contributed by atoms with E-state index < -0.39 is 22.9 Å².